The molecular weight excluding hydrogens is 591 g/mol. The average Bonchev–Trinajstić information content (AvgIpc) is 2.89. The molecular formula is C27H28F7N5O2S. The van der Waals surface area contributed by atoms with Crippen LogP contribution in [0.25, 0.3) is 0 Å². The topological polar surface area (TPSA) is 87.2 Å². The Hall–Kier alpha value is -3.46. The number of nitrogens with one attached hydrogen (secondary N) is 2. The minimum absolute atomic E-state index is 0.0436. The molecule has 0 radical (unpaired) electrons. The zero-order valence-corrected chi connectivity index (χ0v) is 23.5. The van der Waals surface area contributed by atoms with Crippen molar-refractivity contribution >= 4 is 21.5 Å². The van der Waals surface area contributed by atoms with Crippen LogP contribution >= 0.6 is 0 Å². The fraction of sp³-hybridized carbons (Fsp3) is 0.407. The molecule has 7 nitrogen and oxygen atoms in total. The number of nitrogens with zero attached hydrogens (tertiary/aromatic N) is 3. The normalized spacial score (nSPS) is 20.0. The van der Waals surface area contributed by atoms with Gasteiger partial charge in [0.1, 0.15) is 22.9 Å². The summed E-state index contributed by atoms with van der Waals surface area (Å²) in [6.45, 7) is 1.59. The van der Waals surface area contributed by atoms with Gasteiger partial charge in [-0.05, 0) is 93.7 Å². The van der Waals surface area contributed by atoms with Gasteiger partial charge in [0.2, 0.25) is 0 Å². The summed E-state index contributed by atoms with van der Waals surface area (Å²) >= 11 is 0. The van der Waals surface area contributed by atoms with Crippen LogP contribution in [0, 0.1) is 12.7 Å². The maximum absolute atomic E-state index is 15.1. The van der Waals surface area contributed by atoms with Gasteiger partial charge < -0.3 is 10.2 Å². The Kier molecular flexibility index (Phi) is 8.74. The van der Waals surface area contributed by atoms with Crippen LogP contribution in [0.5, 0.6) is 0 Å². The van der Waals surface area contributed by atoms with E-state index in [1.54, 1.807) is 25.9 Å². The van der Waals surface area contributed by atoms with Gasteiger partial charge in [0.05, 0.1) is 11.1 Å². The number of aromatic nitrogens is 2. The summed E-state index contributed by atoms with van der Waals surface area (Å²) in [5.74, 6) is -1.65. The quantitative estimate of drug-likeness (QED) is 0.296. The van der Waals surface area contributed by atoms with Gasteiger partial charge in [-0.1, -0.05) is 0 Å². The minimum atomic E-state index is -4.94. The van der Waals surface area contributed by atoms with Gasteiger partial charge in [-0.2, -0.15) is 26.3 Å². The van der Waals surface area contributed by atoms with Crippen LogP contribution in [0.4, 0.5) is 42.2 Å². The molecule has 15 heteroatoms. The molecule has 42 heavy (non-hydrogen) atoms. The maximum Gasteiger partial charge on any atom is 0.416 e. The van der Waals surface area contributed by atoms with Crippen molar-refractivity contribution in [2.75, 3.05) is 24.1 Å². The van der Waals surface area contributed by atoms with Gasteiger partial charge in [0, 0.05) is 24.0 Å². The van der Waals surface area contributed by atoms with Crippen LogP contribution in [0.1, 0.15) is 47.4 Å². The van der Waals surface area contributed by atoms with Crippen LogP contribution in [0.15, 0.2) is 53.8 Å². The lowest BCUT2D eigenvalue weighted by atomic mass is 9.77. The number of sulfonamides is 1. The largest absolute Gasteiger partial charge is 0.416 e. The highest BCUT2D eigenvalue weighted by atomic mass is 32.2. The number of likely N-dealkylation sites (N-methyl/N-ethyl adjacent to an activating group) is 1. The lowest BCUT2D eigenvalue weighted by Crippen LogP contribution is -2.47. The zero-order valence-electron chi connectivity index (χ0n) is 22.7. The predicted molar refractivity (Wildman–Crippen MR) is 142 cm³/mol. The number of hydrogen-bond donors (Lipinski definition) is 2. The van der Waals surface area contributed by atoms with Crippen molar-refractivity contribution in [2.45, 2.75) is 61.4 Å². The summed E-state index contributed by atoms with van der Waals surface area (Å²) in [4.78, 5) is 8.67. The molecule has 1 aromatic heterocycles. The summed E-state index contributed by atoms with van der Waals surface area (Å²) < 4.78 is 123. The van der Waals surface area contributed by atoms with E-state index in [0.717, 1.165) is 24.5 Å². The van der Waals surface area contributed by atoms with Gasteiger partial charge in [-0.15, -0.1) is 0 Å². The van der Waals surface area contributed by atoms with E-state index in [-0.39, 0.29) is 42.4 Å². The van der Waals surface area contributed by atoms with Crippen molar-refractivity contribution in [2.24, 2.45) is 0 Å². The molecule has 1 aliphatic carbocycles. The number of benzene rings is 2. The molecule has 0 bridgehead atoms. The molecule has 2 aromatic carbocycles. The highest BCUT2D eigenvalue weighted by Gasteiger charge is 2.39. The van der Waals surface area contributed by atoms with Crippen LogP contribution in [-0.4, -0.2) is 49.5 Å². The number of alkyl halides is 6. The molecule has 0 saturated heterocycles. The first kappa shape index (κ1) is 31.5. The Labute approximate surface area is 238 Å². The number of rotatable bonds is 7. The molecule has 228 valence electrons. The summed E-state index contributed by atoms with van der Waals surface area (Å²) in [5, 5.41) is 3.22. The fourth-order valence-electron chi connectivity index (χ4n) is 5.16. The third-order valence-corrected chi connectivity index (χ3v) is 8.66. The SMILES string of the molecule is Cc1cc(S(=O)(=O)Nc2ccncn2)c(F)cc1N[C@H]1CC[C@H](c2cc(C(F)(F)F)cc(C(F)(F)F)c2)C[C@@H]1N(C)C. The molecule has 1 heterocycles. The van der Waals surface area contributed by atoms with Gasteiger partial charge in [-0.3, -0.25) is 4.72 Å². The Morgan fingerprint density at radius 1 is 0.952 bits per heavy atom. The molecule has 0 amide bonds. The van der Waals surface area contributed by atoms with Crippen LogP contribution < -0.4 is 10.0 Å². The Morgan fingerprint density at radius 3 is 2.14 bits per heavy atom. The van der Waals surface area contributed by atoms with Crippen molar-refractivity contribution in [3.05, 3.63) is 77.0 Å². The second-order valence-corrected chi connectivity index (χ2v) is 12.1. The Balaban J connectivity index is 1.57. The average molecular weight is 620 g/mol. The number of hydrogen-bond acceptors (Lipinski definition) is 6. The molecule has 3 aromatic rings. The van der Waals surface area contributed by atoms with Crippen molar-refractivity contribution in [1.29, 1.82) is 0 Å². The van der Waals surface area contributed by atoms with Gasteiger partial charge in [0.25, 0.3) is 10.0 Å². The summed E-state index contributed by atoms with van der Waals surface area (Å²) in [6, 6.07) is 4.47. The maximum atomic E-state index is 15.1. The van der Waals surface area contributed by atoms with E-state index >= 15 is 4.39 Å². The fourth-order valence-corrected chi connectivity index (χ4v) is 6.32. The standard InChI is InChI=1S/C27H28F7N5O2S/c1-15-8-24(42(40,41)38-25-6-7-35-14-36-25)20(28)13-22(15)37-21-5-4-16(11-23(21)39(2)3)17-9-18(26(29,30)31)12-19(10-17)27(32,33)34/h6-10,12-14,16,21,23,37H,4-5,11H2,1-3H3,(H,35,36,38)/t16-,21-,23-/m0/s1. The highest BCUT2D eigenvalue weighted by molar-refractivity contribution is 7.92. The Morgan fingerprint density at radius 2 is 1.60 bits per heavy atom. The third kappa shape index (κ3) is 7.12. The molecule has 0 unspecified atom stereocenters. The van der Waals surface area contributed by atoms with Crippen molar-refractivity contribution in [3.63, 3.8) is 0 Å². The summed E-state index contributed by atoms with van der Waals surface area (Å²) in [6.07, 6.45) is -6.58. The van der Waals surface area contributed by atoms with E-state index in [4.69, 9.17) is 0 Å². The van der Waals surface area contributed by atoms with E-state index < -0.39 is 50.1 Å². The van der Waals surface area contributed by atoms with Crippen LogP contribution in [0.2, 0.25) is 0 Å². The number of anilines is 2. The van der Waals surface area contributed by atoms with E-state index in [1.165, 1.54) is 18.3 Å². The van der Waals surface area contributed by atoms with Crippen LogP contribution in [0.3, 0.4) is 0 Å². The van der Waals surface area contributed by atoms with Crippen molar-refractivity contribution in [3.8, 4) is 0 Å². The van der Waals surface area contributed by atoms with Gasteiger partial charge >= 0.3 is 12.4 Å². The summed E-state index contributed by atoms with van der Waals surface area (Å²) in [5.41, 5.74) is -2.04. The zero-order chi connectivity index (χ0) is 31.0. The third-order valence-electron chi connectivity index (χ3n) is 7.29. The smallest absolute Gasteiger partial charge is 0.380 e. The second kappa shape index (κ2) is 11.7. The number of aryl methyl sites for hydroxylation is 1. The summed E-state index contributed by atoms with van der Waals surface area (Å²) in [7, 11) is -0.852. The Bertz CT molecular complexity index is 1500. The van der Waals surface area contributed by atoms with Crippen LogP contribution in [-0.2, 0) is 22.4 Å². The van der Waals surface area contributed by atoms with E-state index in [9.17, 15) is 34.8 Å². The van der Waals surface area contributed by atoms with E-state index in [1.807, 2.05) is 0 Å². The van der Waals surface area contributed by atoms with Crippen molar-refractivity contribution < 1.29 is 39.2 Å². The molecule has 3 atom stereocenters. The molecule has 2 N–H and O–H groups in total. The molecule has 0 aliphatic heterocycles. The highest BCUT2D eigenvalue weighted by Crippen LogP contribution is 2.42. The second-order valence-electron chi connectivity index (χ2n) is 10.4. The van der Waals surface area contributed by atoms with E-state index in [0.29, 0.717) is 17.7 Å². The molecule has 1 aliphatic rings. The lowest BCUT2D eigenvalue weighted by molar-refractivity contribution is -0.143. The monoisotopic (exact) mass is 619 g/mol. The minimum Gasteiger partial charge on any atom is -0.380 e. The first-order chi connectivity index (χ1) is 19.5. The predicted octanol–water partition coefficient (Wildman–Crippen LogP) is 6.44. The molecule has 4 rings (SSSR count). The lowest BCUT2D eigenvalue weighted by Gasteiger charge is -2.41. The number of halogens is 7. The molecule has 0 spiro atoms. The molecule has 1 saturated carbocycles. The molecule has 1 fully saturated rings. The van der Waals surface area contributed by atoms with Crippen molar-refractivity contribution in [1.82, 2.24) is 14.9 Å². The first-order valence-corrected chi connectivity index (χ1v) is 14.3. The first-order valence-electron chi connectivity index (χ1n) is 12.8. The van der Waals surface area contributed by atoms with Gasteiger partial charge in [-0.25, -0.2) is 22.8 Å². The van der Waals surface area contributed by atoms with Gasteiger partial charge in [0.15, 0.2) is 0 Å². The van der Waals surface area contributed by atoms with E-state index in [2.05, 4.69) is 20.0 Å².